The molecular weight excluding hydrogens is 266 g/mol. The van der Waals surface area contributed by atoms with Crippen molar-refractivity contribution in [1.29, 1.82) is 0 Å². The van der Waals surface area contributed by atoms with Crippen LogP contribution >= 0.6 is 0 Å². The summed E-state index contributed by atoms with van der Waals surface area (Å²) in [6.07, 6.45) is 3.74. The first-order valence-electron chi connectivity index (χ1n) is 6.81. The number of carbonyl (C=O) groups excluding carboxylic acids is 1. The predicted molar refractivity (Wildman–Crippen MR) is 84.5 cm³/mol. The minimum atomic E-state index is -0.130. The van der Waals surface area contributed by atoms with Crippen LogP contribution in [-0.2, 0) is 6.54 Å². The SMILES string of the molecule is Cc1cnn(CCNC(=O)c2cc(N)ccc2N(C)C)c1. The van der Waals surface area contributed by atoms with Gasteiger partial charge in [0.2, 0.25) is 0 Å². The third-order valence-corrected chi connectivity index (χ3v) is 3.14. The average molecular weight is 287 g/mol. The van der Waals surface area contributed by atoms with Crippen molar-refractivity contribution < 1.29 is 4.79 Å². The third-order valence-electron chi connectivity index (χ3n) is 3.14. The van der Waals surface area contributed by atoms with Crippen LogP contribution < -0.4 is 16.0 Å². The molecule has 1 amide bonds. The summed E-state index contributed by atoms with van der Waals surface area (Å²) >= 11 is 0. The number of amides is 1. The fourth-order valence-corrected chi connectivity index (χ4v) is 2.09. The molecule has 0 bridgehead atoms. The molecular formula is C15H21N5O. The standard InChI is InChI=1S/C15H21N5O/c1-11-9-18-20(10-11)7-6-17-15(21)13-8-12(16)4-5-14(13)19(2)3/h4-5,8-10H,6-7,16H2,1-3H3,(H,17,21). The average Bonchev–Trinajstić information content (AvgIpc) is 2.84. The summed E-state index contributed by atoms with van der Waals surface area (Å²) in [6.45, 7) is 3.14. The van der Waals surface area contributed by atoms with Gasteiger partial charge in [0.1, 0.15) is 0 Å². The van der Waals surface area contributed by atoms with Gasteiger partial charge >= 0.3 is 0 Å². The molecule has 0 aliphatic rings. The normalized spacial score (nSPS) is 10.4. The Kier molecular flexibility index (Phi) is 4.47. The molecule has 0 aliphatic heterocycles. The number of aromatic nitrogens is 2. The number of nitrogen functional groups attached to an aromatic ring is 1. The van der Waals surface area contributed by atoms with E-state index in [0.717, 1.165) is 11.3 Å². The van der Waals surface area contributed by atoms with Gasteiger partial charge < -0.3 is 16.0 Å². The number of anilines is 2. The molecule has 1 aromatic heterocycles. The second-order valence-corrected chi connectivity index (χ2v) is 5.21. The van der Waals surface area contributed by atoms with Crippen LogP contribution in [0.2, 0.25) is 0 Å². The summed E-state index contributed by atoms with van der Waals surface area (Å²) < 4.78 is 1.81. The first-order chi connectivity index (χ1) is 9.97. The number of aryl methyl sites for hydroxylation is 1. The summed E-state index contributed by atoms with van der Waals surface area (Å²) in [5.41, 5.74) is 8.88. The quantitative estimate of drug-likeness (QED) is 0.812. The minimum absolute atomic E-state index is 0.130. The molecule has 0 aliphatic carbocycles. The Labute approximate surface area is 124 Å². The molecule has 6 heteroatoms. The van der Waals surface area contributed by atoms with E-state index in [1.165, 1.54) is 0 Å². The number of nitrogens with zero attached hydrogens (tertiary/aromatic N) is 3. The van der Waals surface area contributed by atoms with E-state index in [2.05, 4.69) is 10.4 Å². The first kappa shape index (κ1) is 14.9. The summed E-state index contributed by atoms with van der Waals surface area (Å²) in [6, 6.07) is 5.34. The molecule has 21 heavy (non-hydrogen) atoms. The molecule has 0 radical (unpaired) electrons. The third kappa shape index (κ3) is 3.75. The molecule has 1 heterocycles. The lowest BCUT2D eigenvalue weighted by Crippen LogP contribution is -2.29. The van der Waals surface area contributed by atoms with E-state index in [1.807, 2.05) is 42.9 Å². The lowest BCUT2D eigenvalue weighted by molar-refractivity contribution is 0.0952. The summed E-state index contributed by atoms with van der Waals surface area (Å²) in [7, 11) is 3.80. The van der Waals surface area contributed by atoms with Gasteiger partial charge in [-0.05, 0) is 30.7 Å². The number of nitrogens with two attached hydrogens (primary N) is 1. The Balaban J connectivity index is 2.01. The van der Waals surface area contributed by atoms with Crippen molar-refractivity contribution in [3.63, 3.8) is 0 Å². The Morgan fingerprint density at radius 1 is 1.43 bits per heavy atom. The smallest absolute Gasteiger partial charge is 0.253 e. The van der Waals surface area contributed by atoms with E-state index < -0.39 is 0 Å². The monoisotopic (exact) mass is 287 g/mol. The summed E-state index contributed by atoms with van der Waals surface area (Å²) in [5.74, 6) is -0.130. The number of carbonyl (C=O) groups is 1. The highest BCUT2D eigenvalue weighted by Crippen LogP contribution is 2.21. The molecule has 0 saturated heterocycles. The predicted octanol–water partition coefficient (Wildman–Crippen LogP) is 1.27. The maximum Gasteiger partial charge on any atom is 0.253 e. The molecule has 0 fully saturated rings. The van der Waals surface area contributed by atoms with Gasteiger partial charge in [0.15, 0.2) is 0 Å². The van der Waals surface area contributed by atoms with E-state index in [1.54, 1.807) is 18.3 Å². The van der Waals surface area contributed by atoms with Crippen molar-refractivity contribution in [2.24, 2.45) is 0 Å². The van der Waals surface area contributed by atoms with Gasteiger partial charge in [-0.1, -0.05) is 0 Å². The van der Waals surface area contributed by atoms with Crippen LogP contribution in [-0.4, -0.2) is 36.3 Å². The van der Waals surface area contributed by atoms with Crippen molar-refractivity contribution in [3.8, 4) is 0 Å². The summed E-state index contributed by atoms with van der Waals surface area (Å²) in [4.78, 5) is 14.2. The second-order valence-electron chi connectivity index (χ2n) is 5.21. The molecule has 0 atom stereocenters. The number of rotatable bonds is 5. The zero-order valence-corrected chi connectivity index (χ0v) is 12.6. The van der Waals surface area contributed by atoms with Crippen LogP contribution in [0.25, 0.3) is 0 Å². The van der Waals surface area contributed by atoms with E-state index >= 15 is 0 Å². The summed E-state index contributed by atoms with van der Waals surface area (Å²) in [5, 5.41) is 7.08. The Bertz CT molecular complexity index is 633. The van der Waals surface area contributed by atoms with E-state index in [0.29, 0.717) is 24.3 Å². The largest absolute Gasteiger partial charge is 0.399 e. The van der Waals surface area contributed by atoms with Crippen LogP contribution in [0.1, 0.15) is 15.9 Å². The Morgan fingerprint density at radius 2 is 2.19 bits per heavy atom. The lowest BCUT2D eigenvalue weighted by atomic mass is 10.1. The van der Waals surface area contributed by atoms with Gasteiger partial charge in [-0.15, -0.1) is 0 Å². The topological polar surface area (TPSA) is 76.2 Å². The van der Waals surface area contributed by atoms with Gasteiger partial charge in [-0.2, -0.15) is 5.10 Å². The van der Waals surface area contributed by atoms with E-state index in [-0.39, 0.29) is 5.91 Å². The van der Waals surface area contributed by atoms with Crippen LogP contribution in [0.15, 0.2) is 30.6 Å². The first-order valence-corrected chi connectivity index (χ1v) is 6.81. The van der Waals surface area contributed by atoms with Gasteiger partial charge in [0.05, 0.1) is 18.3 Å². The van der Waals surface area contributed by atoms with Crippen LogP contribution in [0.5, 0.6) is 0 Å². The zero-order chi connectivity index (χ0) is 15.4. The van der Waals surface area contributed by atoms with Gasteiger partial charge in [-0.3, -0.25) is 9.48 Å². The van der Waals surface area contributed by atoms with Crippen LogP contribution in [0.4, 0.5) is 11.4 Å². The molecule has 112 valence electrons. The second kappa shape index (κ2) is 6.30. The molecule has 6 nitrogen and oxygen atoms in total. The van der Waals surface area contributed by atoms with Crippen molar-refractivity contribution in [1.82, 2.24) is 15.1 Å². The van der Waals surface area contributed by atoms with Crippen molar-refractivity contribution in [2.45, 2.75) is 13.5 Å². The van der Waals surface area contributed by atoms with Crippen molar-refractivity contribution in [3.05, 3.63) is 41.7 Å². The highest BCUT2D eigenvalue weighted by Gasteiger charge is 2.13. The fourth-order valence-electron chi connectivity index (χ4n) is 2.09. The van der Waals surface area contributed by atoms with Crippen molar-refractivity contribution >= 4 is 17.3 Å². The van der Waals surface area contributed by atoms with Crippen LogP contribution in [0, 0.1) is 6.92 Å². The molecule has 3 N–H and O–H groups in total. The minimum Gasteiger partial charge on any atom is -0.399 e. The molecule has 1 aromatic carbocycles. The lowest BCUT2D eigenvalue weighted by Gasteiger charge is -2.17. The van der Waals surface area contributed by atoms with Gasteiger partial charge in [-0.25, -0.2) is 0 Å². The Hall–Kier alpha value is -2.50. The zero-order valence-electron chi connectivity index (χ0n) is 12.6. The van der Waals surface area contributed by atoms with Gasteiger partial charge in [0, 0.05) is 38.2 Å². The van der Waals surface area contributed by atoms with Crippen LogP contribution in [0.3, 0.4) is 0 Å². The number of benzene rings is 1. The highest BCUT2D eigenvalue weighted by atomic mass is 16.1. The molecule has 0 spiro atoms. The van der Waals surface area contributed by atoms with E-state index in [9.17, 15) is 4.79 Å². The maximum absolute atomic E-state index is 12.3. The number of hydrogen-bond donors (Lipinski definition) is 2. The van der Waals surface area contributed by atoms with E-state index in [4.69, 9.17) is 5.73 Å². The molecule has 2 rings (SSSR count). The highest BCUT2D eigenvalue weighted by molar-refractivity contribution is 6.00. The van der Waals surface area contributed by atoms with Crippen molar-refractivity contribution in [2.75, 3.05) is 31.3 Å². The Morgan fingerprint density at radius 3 is 2.81 bits per heavy atom. The molecule has 0 unspecified atom stereocenters. The molecule has 0 saturated carbocycles. The maximum atomic E-state index is 12.3. The fraction of sp³-hybridized carbons (Fsp3) is 0.333. The number of nitrogens with one attached hydrogen (secondary N) is 1. The van der Waals surface area contributed by atoms with Gasteiger partial charge in [0.25, 0.3) is 5.91 Å². The molecule has 2 aromatic rings. The number of hydrogen-bond acceptors (Lipinski definition) is 4.